The van der Waals surface area contributed by atoms with Crippen LogP contribution in [-0.4, -0.2) is 25.0 Å². The van der Waals surface area contributed by atoms with Gasteiger partial charge in [-0.3, -0.25) is 4.79 Å². The fraction of sp³-hybridized carbons (Fsp3) is 0.929. The third kappa shape index (κ3) is 3.98. The van der Waals surface area contributed by atoms with Crippen LogP contribution in [0.2, 0.25) is 0 Å². The van der Waals surface area contributed by atoms with Crippen LogP contribution in [0.1, 0.15) is 51.9 Å². The molecule has 2 atom stereocenters. The monoisotopic (exact) mass is 238 g/mol. The van der Waals surface area contributed by atoms with E-state index in [1.165, 1.54) is 25.7 Å². The Morgan fingerprint density at radius 3 is 2.59 bits per heavy atom. The van der Waals surface area contributed by atoms with Crippen molar-refractivity contribution in [1.29, 1.82) is 0 Å². The van der Waals surface area contributed by atoms with Gasteiger partial charge in [0.15, 0.2) is 0 Å². The molecule has 1 aliphatic heterocycles. The SMILES string of the molecule is CC1CCCCC1NC(=O)CC1CCNCC1. The standard InChI is InChI=1S/C14H26N2O/c1-11-4-2-3-5-13(11)16-14(17)10-12-6-8-15-9-7-12/h11-13,15H,2-10H2,1H3,(H,16,17). The van der Waals surface area contributed by atoms with Gasteiger partial charge in [0, 0.05) is 12.5 Å². The van der Waals surface area contributed by atoms with Gasteiger partial charge >= 0.3 is 0 Å². The lowest BCUT2D eigenvalue weighted by Crippen LogP contribution is -2.42. The molecule has 0 bridgehead atoms. The Kier molecular flexibility index (Phi) is 4.84. The molecule has 98 valence electrons. The van der Waals surface area contributed by atoms with Crippen LogP contribution in [0.15, 0.2) is 0 Å². The second-order valence-electron chi connectivity index (χ2n) is 5.83. The highest BCUT2D eigenvalue weighted by atomic mass is 16.1. The van der Waals surface area contributed by atoms with Gasteiger partial charge in [-0.05, 0) is 50.6 Å². The summed E-state index contributed by atoms with van der Waals surface area (Å²) >= 11 is 0. The van der Waals surface area contributed by atoms with Crippen molar-refractivity contribution in [2.24, 2.45) is 11.8 Å². The summed E-state index contributed by atoms with van der Waals surface area (Å²) in [6, 6.07) is 0.443. The van der Waals surface area contributed by atoms with E-state index in [9.17, 15) is 4.79 Å². The Labute approximate surface area is 105 Å². The van der Waals surface area contributed by atoms with E-state index in [0.717, 1.165) is 32.4 Å². The van der Waals surface area contributed by atoms with Crippen LogP contribution in [0.25, 0.3) is 0 Å². The first-order valence-corrected chi connectivity index (χ1v) is 7.26. The average molecular weight is 238 g/mol. The Balaban J connectivity index is 1.72. The van der Waals surface area contributed by atoms with E-state index in [2.05, 4.69) is 17.6 Å². The maximum Gasteiger partial charge on any atom is 0.220 e. The molecule has 0 aromatic carbocycles. The molecule has 0 spiro atoms. The molecule has 3 heteroatoms. The molecule has 0 aromatic rings. The summed E-state index contributed by atoms with van der Waals surface area (Å²) in [5.74, 6) is 1.56. The summed E-state index contributed by atoms with van der Waals surface area (Å²) in [7, 11) is 0. The minimum Gasteiger partial charge on any atom is -0.353 e. The highest BCUT2D eigenvalue weighted by Crippen LogP contribution is 2.24. The number of piperidine rings is 1. The van der Waals surface area contributed by atoms with Gasteiger partial charge in [-0.2, -0.15) is 0 Å². The zero-order valence-electron chi connectivity index (χ0n) is 11.0. The fourth-order valence-corrected chi connectivity index (χ4v) is 3.14. The molecule has 2 rings (SSSR count). The van der Waals surface area contributed by atoms with Gasteiger partial charge in [0.1, 0.15) is 0 Å². The molecule has 1 aliphatic carbocycles. The number of hydrogen-bond donors (Lipinski definition) is 2. The van der Waals surface area contributed by atoms with Crippen molar-refractivity contribution < 1.29 is 4.79 Å². The molecule has 2 aliphatic rings. The van der Waals surface area contributed by atoms with Crippen LogP contribution >= 0.6 is 0 Å². The zero-order chi connectivity index (χ0) is 12.1. The minimum atomic E-state index is 0.288. The fourth-order valence-electron chi connectivity index (χ4n) is 3.14. The molecule has 3 nitrogen and oxygen atoms in total. The predicted octanol–water partition coefficient (Wildman–Crippen LogP) is 2.07. The molecule has 17 heavy (non-hydrogen) atoms. The number of amides is 1. The average Bonchev–Trinajstić information content (AvgIpc) is 2.33. The van der Waals surface area contributed by atoms with E-state index >= 15 is 0 Å². The molecule has 2 unspecified atom stereocenters. The number of carbonyl (C=O) groups excluding carboxylic acids is 1. The largest absolute Gasteiger partial charge is 0.353 e. The van der Waals surface area contributed by atoms with Gasteiger partial charge in [-0.1, -0.05) is 19.8 Å². The minimum absolute atomic E-state index is 0.288. The van der Waals surface area contributed by atoms with E-state index in [0.29, 0.717) is 17.9 Å². The van der Waals surface area contributed by atoms with Crippen LogP contribution < -0.4 is 10.6 Å². The van der Waals surface area contributed by atoms with Crippen molar-refractivity contribution in [3.05, 3.63) is 0 Å². The Morgan fingerprint density at radius 2 is 1.88 bits per heavy atom. The Bertz CT molecular complexity index is 249. The van der Waals surface area contributed by atoms with Gasteiger partial charge in [0.25, 0.3) is 0 Å². The van der Waals surface area contributed by atoms with Crippen molar-refractivity contribution in [3.8, 4) is 0 Å². The van der Waals surface area contributed by atoms with Crippen molar-refractivity contribution >= 4 is 5.91 Å². The lowest BCUT2D eigenvalue weighted by atomic mass is 9.85. The van der Waals surface area contributed by atoms with Gasteiger partial charge in [-0.15, -0.1) is 0 Å². The number of nitrogens with one attached hydrogen (secondary N) is 2. The van der Waals surface area contributed by atoms with E-state index < -0.39 is 0 Å². The molecule has 2 N–H and O–H groups in total. The van der Waals surface area contributed by atoms with Gasteiger partial charge in [0.2, 0.25) is 5.91 Å². The molecule has 1 heterocycles. The Hall–Kier alpha value is -0.570. The van der Waals surface area contributed by atoms with Crippen molar-refractivity contribution in [2.75, 3.05) is 13.1 Å². The second kappa shape index (κ2) is 6.39. The van der Waals surface area contributed by atoms with Crippen LogP contribution in [-0.2, 0) is 4.79 Å². The molecule has 0 aromatic heterocycles. The molecular weight excluding hydrogens is 212 g/mol. The van der Waals surface area contributed by atoms with Crippen molar-refractivity contribution in [3.63, 3.8) is 0 Å². The zero-order valence-corrected chi connectivity index (χ0v) is 11.0. The number of carbonyl (C=O) groups is 1. The maximum atomic E-state index is 12.0. The highest BCUT2D eigenvalue weighted by Gasteiger charge is 2.24. The normalized spacial score (nSPS) is 31.1. The first kappa shape index (κ1) is 12.9. The summed E-state index contributed by atoms with van der Waals surface area (Å²) in [6.07, 6.45) is 8.13. The smallest absolute Gasteiger partial charge is 0.220 e. The van der Waals surface area contributed by atoms with Crippen LogP contribution in [0.4, 0.5) is 0 Å². The van der Waals surface area contributed by atoms with Crippen molar-refractivity contribution in [2.45, 2.75) is 57.9 Å². The van der Waals surface area contributed by atoms with Crippen LogP contribution in [0.5, 0.6) is 0 Å². The molecular formula is C14H26N2O. The van der Waals surface area contributed by atoms with E-state index in [-0.39, 0.29) is 5.91 Å². The van der Waals surface area contributed by atoms with Gasteiger partial charge in [0.05, 0.1) is 0 Å². The van der Waals surface area contributed by atoms with Gasteiger partial charge < -0.3 is 10.6 Å². The molecule has 1 amide bonds. The summed E-state index contributed by atoms with van der Waals surface area (Å²) in [5, 5.41) is 6.60. The number of hydrogen-bond acceptors (Lipinski definition) is 2. The van der Waals surface area contributed by atoms with E-state index in [4.69, 9.17) is 0 Å². The van der Waals surface area contributed by atoms with E-state index in [1.54, 1.807) is 0 Å². The maximum absolute atomic E-state index is 12.0. The highest BCUT2D eigenvalue weighted by molar-refractivity contribution is 5.76. The molecule has 1 saturated heterocycles. The summed E-state index contributed by atoms with van der Waals surface area (Å²) in [6.45, 7) is 4.43. The summed E-state index contributed by atoms with van der Waals surface area (Å²) in [4.78, 5) is 12.0. The molecule has 1 saturated carbocycles. The van der Waals surface area contributed by atoms with Crippen LogP contribution in [0.3, 0.4) is 0 Å². The first-order valence-electron chi connectivity index (χ1n) is 7.26. The quantitative estimate of drug-likeness (QED) is 0.790. The predicted molar refractivity (Wildman–Crippen MR) is 69.8 cm³/mol. The summed E-state index contributed by atoms with van der Waals surface area (Å²) < 4.78 is 0. The van der Waals surface area contributed by atoms with E-state index in [1.807, 2.05) is 0 Å². The second-order valence-corrected chi connectivity index (χ2v) is 5.83. The Morgan fingerprint density at radius 1 is 1.18 bits per heavy atom. The third-order valence-electron chi connectivity index (χ3n) is 4.39. The topological polar surface area (TPSA) is 41.1 Å². The lowest BCUT2D eigenvalue weighted by Gasteiger charge is -2.30. The van der Waals surface area contributed by atoms with Gasteiger partial charge in [-0.25, -0.2) is 0 Å². The van der Waals surface area contributed by atoms with Crippen LogP contribution in [0, 0.1) is 11.8 Å². The third-order valence-corrected chi connectivity index (χ3v) is 4.39. The first-order chi connectivity index (χ1) is 8.25. The molecule has 0 radical (unpaired) electrons. The lowest BCUT2D eigenvalue weighted by molar-refractivity contribution is -0.123. The summed E-state index contributed by atoms with van der Waals surface area (Å²) in [5.41, 5.74) is 0. The number of rotatable bonds is 3. The molecule has 2 fully saturated rings. The van der Waals surface area contributed by atoms with Crippen molar-refractivity contribution in [1.82, 2.24) is 10.6 Å².